The molecule has 58 valence electrons. The lowest BCUT2D eigenvalue weighted by Gasteiger charge is -2.04. The first-order valence-electron chi connectivity index (χ1n) is 3.81. The minimum Gasteiger partial charge on any atom is -0.114 e. The van der Waals surface area contributed by atoms with E-state index in [2.05, 4.69) is 20.8 Å². The van der Waals surface area contributed by atoms with Gasteiger partial charge in [0.25, 0.3) is 0 Å². The van der Waals surface area contributed by atoms with E-state index in [0.717, 1.165) is 5.92 Å². The molecule has 1 unspecified atom stereocenters. The fraction of sp³-hybridized carbons (Fsp3) is 1.00. The summed E-state index contributed by atoms with van der Waals surface area (Å²) in [5, 5.41) is 0. The Morgan fingerprint density at radius 1 is 1.22 bits per heavy atom. The summed E-state index contributed by atoms with van der Waals surface area (Å²) < 4.78 is 0. The van der Waals surface area contributed by atoms with Gasteiger partial charge in [0.2, 0.25) is 0 Å². The van der Waals surface area contributed by atoms with Crippen LogP contribution < -0.4 is 0 Å². The van der Waals surface area contributed by atoms with Crippen molar-refractivity contribution in [3.8, 4) is 0 Å². The molecule has 1 atom stereocenters. The number of hydrogen-bond donors (Lipinski definition) is 0. The molecule has 0 N–H and O–H groups in total. The standard InChI is InChI=1S/C8H18.BrH/c1-4-6-7-8(3)5-2;/h8H,4-7H2,1-3H3;1H. The molecule has 1 heteroatoms. The molecule has 0 nitrogen and oxygen atoms in total. The monoisotopic (exact) mass is 194 g/mol. The molecule has 0 saturated heterocycles. The molecule has 0 saturated carbocycles. The van der Waals surface area contributed by atoms with Crippen molar-refractivity contribution < 1.29 is 0 Å². The van der Waals surface area contributed by atoms with Crippen LogP contribution in [0.4, 0.5) is 0 Å². The molecule has 0 aromatic carbocycles. The van der Waals surface area contributed by atoms with Gasteiger partial charge in [0, 0.05) is 0 Å². The van der Waals surface area contributed by atoms with E-state index >= 15 is 0 Å². The fourth-order valence-electron chi connectivity index (χ4n) is 0.757. The van der Waals surface area contributed by atoms with Crippen LogP contribution in [0.3, 0.4) is 0 Å². The van der Waals surface area contributed by atoms with Crippen molar-refractivity contribution in [2.24, 2.45) is 5.92 Å². The third-order valence-corrected chi connectivity index (χ3v) is 1.75. The van der Waals surface area contributed by atoms with Crippen molar-refractivity contribution in [1.29, 1.82) is 0 Å². The van der Waals surface area contributed by atoms with Crippen LogP contribution in [0, 0.1) is 5.92 Å². The lowest BCUT2D eigenvalue weighted by atomic mass is 10.0. The number of halogens is 1. The molecule has 0 aliphatic rings. The lowest BCUT2D eigenvalue weighted by molar-refractivity contribution is 0.492. The Hall–Kier alpha value is 0.480. The van der Waals surface area contributed by atoms with Crippen LogP contribution in [0.25, 0.3) is 0 Å². The van der Waals surface area contributed by atoms with E-state index in [4.69, 9.17) is 0 Å². The van der Waals surface area contributed by atoms with E-state index in [9.17, 15) is 0 Å². The van der Waals surface area contributed by atoms with Gasteiger partial charge >= 0.3 is 0 Å². The highest BCUT2D eigenvalue weighted by molar-refractivity contribution is 8.93. The van der Waals surface area contributed by atoms with E-state index in [1.165, 1.54) is 25.7 Å². The highest BCUT2D eigenvalue weighted by atomic mass is 79.9. The minimum atomic E-state index is 0. The van der Waals surface area contributed by atoms with Crippen LogP contribution in [0.2, 0.25) is 0 Å². The zero-order chi connectivity index (χ0) is 6.41. The summed E-state index contributed by atoms with van der Waals surface area (Å²) >= 11 is 0. The quantitative estimate of drug-likeness (QED) is 0.640. The molecule has 0 heterocycles. The summed E-state index contributed by atoms with van der Waals surface area (Å²) in [5.74, 6) is 0.954. The van der Waals surface area contributed by atoms with E-state index in [1.807, 2.05) is 0 Å². The molecule has 9 heavy (non-hydrogen) atoms. The maximum Gasteiger partial charge on any atom is -0.0445 e. The minimum absolute atomic E-state index is 0. The zero-order valence-electron chi connectivity index (χ0n) is 6.81. The van der Waals surface area contributed by atoms with Crippen molar-refractivity contribution in [2.75, 3.05) is 0 Å². The van der Waals surface area contributed by atoms with Crippen molar-refractivity contribution in [3.05, 3.63) is 0 Å². The van der Waals surface area contributed by atoms with Crippen molar-refractivity contribution >= 4 is 17.0 Å². The third kappa shape index (κ3) is 8.48. The van der Waals surface area contributed by atoms with Gasteiger partial charge in [-0.05, 0) is 5.92 Å². The fourth-order valence-corrected chi connectivity index (χ4v) is 0.757. The second-order valence-corrected chi connectivity index (χ2v) is 2.66. The second kappa shape index (κ2) is 8.48. The van der Waals surface area contributed by atoms with Gasteiger partial charge in [-0.15, -0.1) is 17.0 Å². The van der Waals surface area contributed by atoms with Crippen molar-refractivity contribution in [3.63, 3.8) is 0 Å². The Kier molecular flexibility index (Phi) is 11.5. The molecule has 0 rings (SSSR count). The van der Waals surface area contributed by atoms with E-state index in [0.29, 0.717) is 0 Å². The maximum atomic E-state index is 2.33. The first kappa shape index (κ1) is 12.2. The Labute approximate surface area is 69.8 Å². The molecule has 0 radical (unpaired) electrons. The number of unbranched alkanes of at least 4 members (excludes halogenated alkanes) is 1. The lowest BCUT2D eigenvalue weighted by Crippen LogP contribution is -1.89. The Morgan fingerprint density at radius 3 is 2.11 bits per heavy atom. The van der Waals surface area contributed by atoms with Crippen LogP contribution in [0.15, 0.2) is 0 Å². The van der Waals surface area contributed by atoms with Crippen molar-refractivity contribution in [1.82, 2.24) is 0 Å². The molecule has 0 bridgehead atoms. The van der Waals surface area contributed by atoms with Gasteiger partial charge in [0.05, 0.1) is 0 Å². The third-order valence-electron chi connectivity index (χ3n) is 1.75. The molecule has 0 aliphatic carbocycles. The molecule has 0 spiro atoms. The van der Waals surface area contributed by atoms with Gasteiger partial charge in [0.15, 0.2) is 0 Å². The second-order valence-electron chi connectivity index (χ2n) is 2.66. The highest BCUT2D eigenvalue weighted by Crippen LogP contribution is 2.09. The summed E-state index contributed by atoms with van der Waals surface area (Å²) in [4.78, 5) is 0. The zero-order valence-corrected chi connectivity index (χ0v) is 8.53. The highest BCUT2D eigenvalue weighted by Gasteiger charge is 1.94. The summed E-state index contributed by atoms with van der Waals surface area (Å²) in [6, 6.07) is 0. The Morgan fingerprint density at radius 2 is 1.78 bits per heavy atom. The van der Waals surface area contributed by atoms with Gasteiger partial charge in [-0.3, -0.25) is 0 Å². The summed E-state index contributed by atoms with van der Waals surface area (Å²) in [6.45, 7) is 6.85. The summed E-state index contributed by atoms with van der Waals surface area (Å²) in [7, 11) is 0. The summed E-state index contributed by atoms with van der Waals surface area (Å²) in [5.41, 5.74) is 0. The SMILES string of the molecule is Br.CCCCC(C)CC. The Balaban J connectivity index is 0. The molecule has 0 amide bonds. The van der Waals surface area contributed by atoms with Gasteiger partial charge in [-0.2, -0.15) is 0 Å². The largest absolute Gasteiger partial charge is 0.114 e. The van der Waals surface area contributed by atoms with E-state index in [-0.39, 0.29) is 17.0 Å². The predicted octanol–water partition coefficient (Wildman–Crippen LogP) is 3.80. The van der Waals surface area contributed by atoms with Crippen LogP contribution in [-0.2, 0) is 0 Å². The topological polar surface area (TPSA) is 0 Å². The van der Waals surface area contributed by atoms with Crippen LogP contribution in [0.5, 0.6) is 0 Å². The maximum absolute atomic E-state index is 2.33. The van der Waals surface area contributed by atoms with Crippen LogP contribution >= 0.6 is 17.0 Å². The van der Waals surface area contributed by atoms with Crippen LogP contribution in [-0.4, -0.2) is 0 Å². The first-order chi connectivity index (χ1) is 3.81. The van der Waals surface area contributed by atoms with E-state index < -0.39 is 0 Å². The molecule has 0 aromatic heterocycles. The normalized spacial score (nSPS) is 12.3. The average Bonchev–Trinajstić information content (AvgIpc) is 1.83. The van der Waals surface area contributed by atoms with Gasteiger partial charge in [0.1, 0.15) is 0 Å². The van der Waals surface area contributed by atoms with Gasteiger partial charge < -0.3 is 0 Å². The summed E-state index contributed by atoms with van der Waals surface area (Å²) in [6.07, 6.45) is 5.53. The average molecular weight is 195 g/mol. The Bertz CT molecular complexity index is 43.8. The predicted molar refractivity (Wildman–Crippen MR) is 49.3 cm³/mol. The molecular formula is C8H19Br. The molecule has 0 aliphatic heterocycles. The molecule has 0 aromatic rings. The smallest absolute Gasteiger partial charge is 0.0445 e. The molecule has 0 fully saturated rings. The number of hydrogen-bond acceptors (Lipinski definition) is 0. The number of rotatable bonds is 4. The van der Waals surface area contributed by atoms with Gasteiger partial charge in [-0.25, -0.2) is 0 Å². The van der Waals surface area contributed by atoms with Crippen molar-refractivity contribution in [2.45, 2.75) is 46.5 Å². The first-order valence-corrected chi connectivity index (χ1v) is 3.81. The van der Waals surface area contributed by atoms with E-state index in [1.54, 1.807) is 0 Å². The van der Waals surface area contributed by atoms with Gasteiger partial charge in [-0.1, -0.05) is 46.5 Å². The van der Waals surface area contributed by atoms with Crippen LogP contribution in [0.1, 0.15) is 46.5 Å². The molecular weight excluding hydrogens is 176 g/mol.